The normalized spacial score (nSPS) is 22.5. The van der Waals surface area contributed by atoms with Crippen LogP contribution >= 0.6 is 0 Å². The highest BCUT2D eigenvalue weighted by Gasteiger charge is 2.60. The molecule has 0 saturated heterocycles. The topological polar surface area (TPSA) is 185 Å². The van der Waals surface area contributed by atoms with Gasteiger partial charge in [0.2, 0.25) is 0 Å². The van der Waals surface area contributed by atoms with Crippen molar-refractivity contribution in [2.75, 3.05) is 11.9 Å². The van der Waals surface area contributed by atoms with Crippen molar-refractivity contribution in [3.05, 3.63) is 47.8 Å². The number of hydrogen-bond donors (Lipinski definition) is 3. The molecule has 2 aromatic rings. The summed E-state index contributed by atoms with van der Waals surface area (Å²) in [6, 6.07) is 7.24. The minimum absolute atomic E-state index is 0.0230. The van der Waals surface area contributed by atoms with Crippen LogP contribution in [-0.4, -0.2) is 74.6 Å². The highest BCUT2D eigenvalue weighted by Crippen LogP contribution is 2.49. The van der Waals surface area contributed by atoms with Crippen LogP contribution in [0.15, 0.2) is 41.5 Å². The van der Waals surface area contributed by atoms with Gasteiger partial charge in [-0.3, -0.25) is 9.79 Å². The van der Waals surface area contributed by atoms with E-state index in [1.807, 2.05) is 0 Å². The molecule has 3 amide bonds. The average Bonchev–Trinajstić information content (AvgIpc) is 2.99. The molecule has 13 nitrogen and oxygen atoms in total. The molecule has 2 aliphatic rings. The number of carbonyl (C=O) groups excluding carboxylic acids is 2. The number of amidine groups is 1. The molecule has 41 heavy (non-hydrogen) atoms. The Hall–Kier alpha value is -4.20. The van der Waals surface area contributed by atoms with Crippen molar-refractivity contribution in [2.24, 2.45) is 4.99 Å². The lowest BCUT2D eigenvalue weighted by molar-refractivity contribution is 0.0372. The first-order valence-corrected chi connectivity index (χ1v) is 14.3. The first-order valence-electron chi connectivity index (χ1n) is 12.7. The molecule has 0 aliphatic carbocycles. The first-order chi connectivity index (χ1) is 18.9. The molecule has 2 aliphatic heterocycles. The van der Waals surface area contributed by atoms with Crippen LogP contribution in [0.4, 0.5) is 15.3 Å². The van der Waals surface area contributed by atoms with Gasteiger partial charge in [-0.1, -0.05) is 0 Å². The zero-order chi connectivity index (χ0) is 30.5. The van der Waals surface area contributed by atoms with Crippen molar-refractivity contribution in [3.8, 4) is 11.5 Å². The van der Waals surface area contributed by atoms with E-state index in [0.29, 0.717) is 0 Å². The van der Waals surface area contributed by atoms with Gasteiger partial charge in [0.25, 0.3) is 5.91 Å². The van der Waals surface area contributed by atoms with E-state index >= 15 is 0 Å². The molecular weight excluding hydrogens is 556 g/mol. The average molecular weight is 589 g/mol. The van der Waals surface area contributed by atoms with E-state index in [-0.39, 0.29) is 46.4 Å². The minimum atomic E-state index is -4.22. The lowest BCUT2D eigenvalue weighted by Gasteiger charge is -2.45. The molecule has 14 heteroatoms. The summed E-state index contributed by atoms with van der Waals surface area (Å²) >= 11 is 0. The summed E-state index contributed by atoms with van der Waals surface area (Å²) in [5.41, 5.74) is -2.15. The monoisotopic (exact) mass is 588 g/mol. The summed E-state index contributed by atoms with van der Waals surface area (Å²) in [5, 5.41) is 21.0. The number of aromatic hydroxyl groups is 1. The SMILES string of the molecule is CC(C)(C)OC(=O)N(C(=O)O)C1=N[C@]2(C)c3cc(NC(=O)c4ccc(O)cn4)ccc3OCC[C@H]2S(=O)(=O)C1(C)C. The maximum atomic E-state index is 14.2. The summed E-state index contributed by atoms with van der Waals surface area (Å²) < 4.78 is 37.6. The number of rotatable bonds is 2. The number of sulfone groups is 1. The van der Waals surface area contributed by atoms with Crippen LogP contribution in [-0.2, 0) is 20.1 Å². The number of imide groups is 1. The summed E-state index contributed by atoms with van der Waals surface area (Å²) in [4.78, 5) is 47.0. The van der Waals surface area contributed by atoms with Crippen LogP contribution in [0, 0.1) is 0 Å². The van der Waals surface area contributed by atoms with Gasteiger partial charge in [0.15, 0.2) is 9.84 Å². The van der Waals surface area contributed by atoms with Crippen molar-refractivity contribution in [1.29, 1.82) is 0 Å². The van der Waals surface area contributed by atoms with Gasteiger partial charge in [-0.25, -0.2) is 23.0 Å². The number of amides is 3. The van der Waals surface area contributed by atoms with Crippen LogP contribution in [0.5, 0.6) is 11.5 Å². The number of aromatic nitrogens is 1. The van der Waals surface area contributed by atoms with E-state index in [1.54, 1.807) is 32.9 Å². The van der Waals surface area contributed by atoms with Crippen molar-refractivity contribution >= 4 is 39.5 Å². The lowest BCUT2D eigenvalue weighted by atomic mass is 9.86. The quantitative estimate of drug-likeness (QED) is 0.464. The zero-order valence-electron chi connectivity index (χ0n) is 23.5. The molecule has 3 heterocycles. The van der Waals surface area contributed by atoms with Gasteiger partial charge < -0.3 is 25.0 Å². The van der Waals surface area contributed by atoms with E-state index < -0.39 is 54.9 Å². The Labute approximate surface area is 237 Å². The van der Waals surface area contributed by atoms with Gasteiger partial charge in [0.05, 0.1) is 18.1 Å². The lowest BCUT2D eigenvalue weighted by Crippen LogP contribution is -2.63. The number of aliphatic imine (C=N–C) groups is 1. The van der Waals surface area contributed by atoms with Crippen LogP contribution in [0.25, 0.3) is 0 Å². The molecule has 2 atom stereocenters. The second-order valence-corrected chi connectivity index (χ2v) is 14.1. The van der Waals surface area contributed by atoms with Crippen LogP contribution < -0.4 is 10.1 Å². The second-order valence-electron chi connectivity index (χ2n) is 11.4. The molecule has 0 radical (unpaired) electrons. The van der Waals surface area contributed by atoms with Gasteiger partial charge in [-0.15, -0.1) is 0 Å². The third-order valence-electron chi connectivity index (χ3n) is 6.97. The van der Waals surface area contributed by atoms with E-state index in [2.05, 4.69) is 10.3 Å². The van der Waals surface area contributed by atoms with Crippen LogP contribution in [0.2, 0.25) is 0 Å². The van der Waals surface area contributed by atoms with Crippen molar-refractivity contribution in [2.45, 2.75) is 69.1 Å². The van der Waals surface area contributed by atoms with Gasteiger partial charge >= 0.3 is 12.2 Å². The molecule has 1 aromatic heterocycles. The molecule has 0 saturated carbocycles. The number of anilines is 1. The number of pyridine rings is 1. The van der Waals surface area contributed by atoms with Crippen LogP contribution in [0.1, 0.15) is 64.0 Å². The number of benzene rings is 1. The highest BCUT2D eigenvalue weighted by molar-refractivity contribution is 7.94. The maximum absolute atomic E-state index is 14.2. The molecule has 220 valence electrons. The van der Waals surface area contributed by atoms with E-state index in [1.165, 1.54) is 39.0 Å². The van der Waals surface area contributed by atoms with Gasteiger partial charge in [-0.2, -0.15) is 4.90 Å². The number of carbonyl (C=O) groups is 3. The standard InChI is InChI=1S/C27H32N4O9S/c1-25(2,3)40-24(36)31(23(34)35)22-26(4,5)41(37,38)20-11-12-39-19-10-7-15(13-17(19)27(20,6)30-22)29-21(33)18-9-8-16(32)14-28-18/h7-10,13-14,20,32H,11-12H2,1-6H3,(H,29,33)(H,34,35)/t20-,27-/m1/s1. The van der Waals surface area contributed by atoms with Crippen molar-refractivity contribution in [1.82, 2.24) is 9.88 Å². The Morgan fingerprint density at radius 2 is 1.83 bits per heavy atom. The Kier molecular flexibility index (Phi) is 7.27. The highest BCUT2D eigenvalue weighted by atomic mass is 32.2. The maximum Gasteiger partial charge on any atom is 0.425 e. The van der Waals surface area contributed by atoms with Gasteiger partial charge in [0.1, 0.15) is 38.9 Å². The van der Waals surface area contributed by atoms with E-state index in [4.69, 9.17) is 14.5 Å². The number of nitrogens with zero attached hydrogens (tertiary/aromatic N) is 3. The number of nitrogens with one attached hydrogen (secondary N) is 1. The summed E-state index contributed by atoms with van der Waals surface area (Å²) in [6.45, 7) is 8.81. The molecule has 0 spiro atoms. The summed E-state index contributed by atoms with van der Waals surface area (Å²) in [6.07, 6.45) is -1.89. The third-order valence-corrected chi connectivity index (χ3v) is 10.0. The molecule has 1 aromatic carbocycles. The Morgan fingerprint density at radius 3 is 2.41 bits per heavy atom. The summed E-state index contributed by atoms with van der Waals surface area (Å²) in [5.74, 6) is -0.939. The summed E-state index contributed by atoms with van der Waals surface area (Å²) in [7, 11) is -4.22. The van der Waals surface area contributed by atoms with E-state index in [0.717, 1.165) is 6.20 Å². The fourth-order valence-corrected chi connectivity index (χ4v) is 7.18. The second kappa shape index (κ2) is 10.0. The number of fused-ring (bicyclic) bond motifs is 3. The Morgan fingerprint density at radius 1 is 1.15 bits per heavy atom. The van der Waals surface area contributed by atoms with Crippen molar-refractivity contribution < 1.29 is 42.5 Å². The molecule has 3 N–H and O–H groups in total. The third kappa shape index (κ3) is 5.31. The molecule has 0 bridgehead atoms. The predicted molar refractivity (Wildman–Crippen MR) is 148 cm³/mol. The largest absolute Gasteiger partial charge is 0.506 e. The Bertz CT molecular complexity index is 1550. The molecule has 4 rings (SSSR count). The zero-order valence-corrected chi connectivity index (χ0v) is 24.3. The number of carboxylic acid groups (broad SMARTS) is 1. The fourth-order valence-electron chi connectivity index (χ4n) is 4.88. The molecular formula is C27H32N4O9S. The number of hydrogen-bond acceptors (Lipinski definition) is 10. The molecule has 0 fully saturated rings. The smallest absolute Gasteiger partial charge is 0.425 e. The van der Waals surface area contributed by atoms with Gasteiger partial charge in [0, 0.05) is 17.7 Å². The van der Waals surface area contributed by atoms with E-state index in [9.17, 15) is 33.0 Å². The first kappa shape index (κ1) is 29.8. The number of ether oxygens (including phenoxy) is 2. The van der Waals surface area contributed by atoms with Crippen molar-refractivity contribution in [3.63, 3.8) is 0 Å². The molecule has 0 unspecified atom stereocenters. The minimum Gasteiger partial charge on any atom is -0.506 e. The van der Waals surface area contributed by atoms with Crippen LogP contribution in [0.3, 0.4) is 0 Å². The van der Waals surface area contributed by atoms with Gasteiger partial charge in [-0.05, 0) is 71.9 Å². The Balaban J connectivity index is 1.88. The fraction of sp³-hybridized carbons (Fsp3) is 0.444. The predicted octanol–water partition coefficient (Wildman–Crippen LogP) is 3.93.